The van der Waals surface area contributed by atoms with Crippen LogP contribution in [0.5, 0.6) is 11.5 Å². The number of carbonyl (C=O) groups is 1. The second-order valence-electron chi connectivity index (χ2n) is 17.4. The number of morpholine rings is 1. The summed E-state index contributed by atoms with van der Waals surface area (Å²) in [4.78, 5) is 17.9. The second kappa shape index (κ2) is 20.4. The Hall–Kier alpha value is -5.45. The summed E-state index contributed by atoms with van der Waals surface area (Å²) < 4.78 is 51.9. The fourth-order valence-corrected chi connectivity index (χ4v) is 10.8. The molecule has 0 aliphatic carbocycles. The zero-order valence-corrected chi connectivity index (χ0v) is 39.2. The Balaban J connectivity index is 1.02. The fourth-order valence-electron chi connectivity index (χ4n) is 9.38. The monoisotopic (exact) mass is 905 g/mol. The number of aromatic carboxylic acids is 1. The van der Waals surface area contributed by atoms with Crippen LogP contribution in [0.15, 0.2) is 84.9 Å². The number of aromatic nitrogens is 3. The standard InChI is InChI=1S/C50H63N7O7S/c1-6-36(2)34-52(4)65(60,61)56-26-24-55(25-27-56)39-19-21-40(22-20-39)64-35-45-47(37(3)51-53(45)5)44-16-10-15-42-43(17-11-31-63-46-18-9-13-38-12-7-8-14-41(38)46)49(50(58)59)57(48(42)44)28-23-54-29-32-62-33-30-54/h7-10,12-16,18-22,36H,6,11,17,23-35H2,1-5H3,(H,58,59). The Kier molecular flexibility index (Phi) is 14.5. The molecule has 8 rings (SSSR count). The average Bonchev–Trinajstić information content (AvgIpc) is 3.80. The average molecular weight is 906 g/mol. The minimum absolute atomic E-state index is 0.238. The van der Waals surface area contributed by atoms with E-state index in [2.05, 4.69) is 47.9 Å². The van der Waals surface area contributed by atoms with Crippen LogP contribution < -0.4 is 14.4 Å². The first kappa shape index (κ1) is 46.1. The van der Waals surface area contributed by atoms with Crippen LogP contribution in [0.4, 0.5) is 5.69 Å². The van der Waals surface area contributed by atoms with E-state index in [1.165, 1.54) is 4.31 Å². The molecule has 2 aliphatic heterocycles. The molecular formula is C50H63N7O7S. The van der Waals surface area contributed by atoms with Crippen molar-refractivity contribution in [2.45, 2.75) is 53.2 Å². The Labute approximate surface area is 383 Å². The third-order valence-corrected chi connectivity index (χ3v) is 15.1. The predicted octanol–water partition coefficient (Wildman–Crippen LogP) is 7.47. The highest BCUT2D eigenvalue weighted by molar-refractivity contribution is 7.86. The number of ether oxygens (including phenoxy) is 3. The van der Waals surface area contributed by atoms with Crippen molar-refractivity contribution in [3.63, 3.8) is 0 Å². The first-order chi connectivity index (χ1) is 31.4. The lowest BCUT2D eigenvalue weighted by Crippen LogP contribution is -2.52. The molecular weight excluding hydrogens is 843 g/mol. The minimum Gasteiger partial charge on any atom is -0.493 e. The number of hydrogen-bond donors (Lipinski definition) is 1. The smallest absolute Gasteiger partial charge is 0.352 e. The van der Waals surface area contributed by atoms with Crippen molar-refractivity contribution in [3.8, 4) is 22.6 Å². The number of anilines is 1. The van der Waals surface area contributed by atoms with Crippen LogP contribution in [0, 0.1) is 12.8 Å². The lowest BCUT2D eigenvalue weighted by molar-refractivity contribution is 0.0362. The Morgan fingerprint density at radius 3 is 2.34 bits per heavy atom. The molecule has 0 spiro atoms. The molecule has 1 atom stereocenters. The largest absolute Gasteiger partial charge is 0.493 e. The molecule has 0 radical (unpaired) electrons. The molecule has 2 fully saturated rings. The maximum atomic E-state index is 13.4. The summed E-state index contributed by atoms with van der Waals surface area (Å²) >= 11 is 0. The van der Waals surface area contributed by atoms with Gasteiger partial charge in [-0.25, -0.2) is 4.79 Å². The third-order valence-electron chi connectivity index (χ3n) is 13.1. The minimum atomic E-state index is -3.51. The molecule has 0 bridgehead atoms. The summed E-state index contributed by atoms with van der Waals surface area (Å²) in [6, 6.07) is 28.3. The van der Waals surface area contributed by atoms with Crippen LogP contribution >= 0.6 is 0 Å². The van der Waals surface area contributed by atoms with Gasteiger partial charge in [-0.05, 0) is 67.0 Å². The van der Waals surface area contributed by atoms with Gasteiger partial charge in [0.2, 0.25) is 0 Å². The fraction of sp³-hybridized carbons (Fsp3) is 0.440. The number of carboxylic acid groups (broad SMARTS) is 1. The van der Waals surface area contributed by atoms with Crippen molar-refractivity contribution in [1.29, 1.82) is 0 Å². The predicted molar refractivity (Wildman–Crippen MR) is 256 cm³/mol. The first-order valence-electron chi connectivity index (χ1n) is 22.9. The highest BCUT2D eigenvalue weighted by atomic mass is 32.2. The number of rotatable bonds is 19. The molecule has 0 saturated carbocycles. The van der Waals surface area contributed by atoms with Crippen LogP contribution in [0.25, 0.3) is 32.8 Å². The van der Waals surface area contributed by atoms with Crippen molar-refractivity contribution < 1.29 is 32.5 Å². The zero-order valence-electron chi connectivity index (χ0n) is 38.4. The number of hydrogen-bond acceptors (Lipinski definition) is 9. The third kappa shape index (κ3) is 10.0. The molecule has 4 aromatic carbocycles. The van der Waals surface area contributed by atoms with Gasteiger partial charge in [0.15, 0.2) is 0 Å². The molecule has 65 heavy (non-hydrogen) atoms. The van der Waals surface area contributed by atoms with Gasteiger partial charge < -0.3 is 28.8 Å². The van der Waals surface area contributed by atoms with Gasteiger partial charge in [0.1, 0.15) is 23.8 Å². The Morgan fingerprint density at radius 1 is 0.892 bits per heavy atom. The molecule has 6 aromatic rings. The summed E-state index contributed by atoms with van der Waals surface area (Å²) in [5, 5.41) is 18.9. The number of carboxylic acids is 1. The maximum absolute atomic E-state index is 13.4. The number of para-hydroxylation sites is 1. The number of fused-ring (bicyclic) bond motifs is 2. The zero-order chi connectivity index (χ0) is 45.7. The Morgan fingerprint density at radius 2 is 1.60 bits per heavy atom. The summed E-state index contributed by atoms with van der Waals surface area (Å²) in [6.07, 6.45) is 2.09. The highest BCUT2D eigenvalue weighted by Crippen LogP contribution is 2.39. The van der Waals surface area contributed by atoms with E-state index in [1.807, 2.05) is 83.9 Å². The topological polar surface area (TPSA) is 135 Å². The summed E-state index contributed by atoms with van der Waals surface area (Å²) in [7, 11) is 0.0809. The highest BCUT2D eigenvalue weighted by Gasteiger charge is 2.31. The van der Waals surface area contributed by atoms with Crippen molar-refractivity contribution in [2.24, 2.45) is 13.0 Å². The van der Waals surface area contributed by atoms with E-state index >= 15 is 0 Å². The van der Waals surface area contributed by atoms with E-state index < -0.39 is 16.2 Å². The van der Waals surface area contributed by atoms with Gasteiger partial charge in [-0.3, -0.25) is 9.58 Å². The molecule has 2 aliphatic rings. The van der Waals surface area contributed by atoms with Gasteiger partial charge in [-0.2, -0.15) is 22.1 Å². The summed E-state index contributed by atoms with van der Waals surface area (Å²) in [5.41, 5.74) is 6.52. The van der Waals surface area contributed by atoms with Crippen molar-refractivity contribution in [2.75, 3.05) is 84.1 Å². The molecule has 4 heterocycles. The second-order valence-corrected chi connectivity index (χ2v) is 19.4. The van der Waals surface area contributed by atoms with Gasteiger partial charge in [0.25, 0.3) is 10.2 Å². The number of aryl methyl sites for hydroxylation is 3. The van der Waals surface area contributed by atoms with E-state index in [9.17, 15) is 18.3 Å². The van der Waals surface area contributed by atoms with E-state index in [0.29, 0.717) is 95.8 Å². The summed E-state index contributed by atoms with van der Waals surface area (Å²) in [5.74, 6) is 0.858. The molecule has 15 heteroatoms. The van der Waals surface area contributed by atoms with E-state index in [0.717, 1.165) is 80.7 Å². The number of nitrogens with zero attached hydrogens (tertiary/aromatic N) is 7. The van der Waals surface area contributed by atoms with Crippen LogP contribution in [0.1, 0.15) is 54.1 Å². The summed E-state index contributed by atoms with van der Waals surface area (Å²) in [6.45, 7) is 13.5. The van der Waals surface area contributed by atoms with Crippen molar-refractivity contribution >= 4 is 43.5 Å². The van der Waals surface area contributed by atoms with Crippen LogP contribution in [-0.4, -0.2) is 127 Å². The molecule has 1 N–H and O–H groups in total. The molecule has 1 unspecified atom stereocenters. The molecule has 0 amide bonds. The molecule has 14 nitrogen and oxygen atoms in total. The van der Waals surface area contributed by atoms with Crippen molar-refractivity contribution in [1.82, 2.24) is 27.9 Å². The van der Waals surface area contributed by atoms with Gasteiger partial charge in [0.05, 0.1) is 36.7 Å². The quantitative estimate of drug-likeness (QED) is 0.0817. The van der Waals surface area contributed by atoms with E-state index in [1.54, 1.807) is 11.4 Å². The number of piperazine rings is 1. The lowest BCUT2D eigenvalue weighted by atomic mass is 9.98. The van der Waals surface area contributed by atoms with Gasteiger partial charge in [0, 0.05) is 101 Å². The van der Waals surface area contributed by atoms with Crippen LogP contribution in [0.2, 0.25) is 0 Å². The lowest BCUT2D eigenvalue weighted by Gasteiger charge is -2.37. The molecule has 2 saturated heterocycles. The van der Waals surface area contributed by atoms with Gasteiger partial charge in [-0.15, -0.1) is 0 Å². The molecule has 346 valence electrons. The SMILES string of the molecule is CCC(C)CN(C)S(=O)(=O)N1CCN(c2ccc(OCc3c(-c4cccc5c(CCCOc6cccc7ccccc67)c(C(=O)O)n(CCN6CCOCC6)c45)c(C)nn3C)cc2)CC1. The van der Waals surface area contributed by atoms with Crippen LogP contribution in [0.3, 0.4) is 0 Å². The van der Waals surface area contributed by atoms with Crippen molar-refractivity contribution in [3.05, 3.63) is 108 Å². The normalized spacial score (nSPS) is 15.9. The van der Waals surface area contributed by atoms with Gasteiger partial charge >= 0.3 is 5.97 Å². The van der Waals surface area contributed by atoms with E-state index in [4.69, 9.17) is 19.3 Å². The van der Waals surface area contributed by atoms with Crippen LogP contribution in [-0.2, 0) is 41.6 Å². The maximum Gasteiger partial charge on any atom is 0.352 e. The van der Waals surface area contributed by atoms with Gasteiger partial charge in [-0.1, -0.05) is 74.9 Å². The van der Waals surface area contributed by atoms with E-state index in [-0.39, 0.29) is 6.61 Å². The molecule has 2 aromatic heterocycles. The number of benzene rings is 4. The Bertz CT molecular complexity index is 2700. The first-order valence-corrected chi connectivity index (χ1v) is 24.3.